The first-order chi connectivity index (χ1) is 13.2. The molecule has 3 heteroatoms. The van der Waals surface area contributed by atoms with Crippen LogP contribution in [0.4, 0.5) is 0 Å². The van der Waals surface area contributed by atoms with Crippen molar-refractivity contribution >= 4 is 5.57 Å². The van der Waals surface area contributed by atoms with E-state index in [-0.39, 0.29) is 0 Å². The number of benzene rings is 1. The molecule has 0 radical (unpaired) electrons. The van der Waals surface area contributed by atoms with Crippen molar-refractivity contribution in [3.8, 4) is 0 Å². The third-order valence-electron chi connectivity index (χ3n) is 6.37. The Bertz CT molecular complexity index is 748. The van der Waals surface area contributed by atoms with Crippen molar-refractivity contribution in [2.24, 2.45) is 5.92 Å². The molecule has 1 N–H and O–H groups in total. The van der Waals surface area contributed by atoms with Gasteiger partial charge < -0.3 is 5.11 Å². The Labute approximate surface area is 162 Å². The molecule has 1 aromatic carbocycles. The third-order valence-corrected chi connectivity index (χ3v) is 6.37. The number of rotatable bonds is 5. The Hall–Kier alpha value is -1.97. The average Bonchev–Trinajstić information content (AvgIpc) is 2.75. The molecule has 1 fully saturated rings. The maximum Gasteiger partial charge on any atom is 0.106 e. The van der Waals surface area contributed by atoms with Crippen LogP contribution in [0.5, 0.6) is 0 Å². The highest BCUT2D eigenvalue weighted by molar-refractivity contribution is 5.66. The highest BCUT2D eigenvalue weighted by Crippen LogP contribution is 2.39. The number of hydrogen-bond donors (Lipinski definition) is 1. The summed E-state index contributed by atoms with van der Waals surface area (Å²) in [6, 6.07) is 16.6. The van der Waals surface area contributed by atoms with E-state index >= 15 is 0 Å². The summed E-state index contributed by atoms with van der Waals surface area (Å²) in [4.78, 5) is 6.96. The van der Waals surface area contributed by atoms with E-state index in [1.807, 2.05) is 18.2 Å². The van der Waals surface area contributed by atoms with E-state index in [9.17, 15) is 5.11 Å². The summed E-state index contributed by atoms with van der Waals surface area (Å²) in [6.07, 6.45) is 10.5. The molecule has 0 amide bonds. The summed E-state index contributed by atoms with van der Waals surface area (Å²) in [7, 11) is 0. The van der Waals surface area contributed by atoms with Gasteiger partial charge in [-0.3, -0.25) is 9.88 Å². The Balaban J connectivity index is 1.24. The van der Waals surface area contributed by atoms with Crippen molar-refractivity contribution in [2.45, 2.75) is 44.1 Å². The molecule has 1 aliphatic heterocycles. The molecule has 4 rings (SSSR count). The molecule has 2 heterocycles. The van der Waals surface area contributed by atoms with Crippen molar-refractivity contribution in [3.05, 3.63) is 72.1 Å². The van der Waals surface area contributed by atoms with E-state index in [1.165, 1.54) is 24.1 Å². The summed E-state index contributed by atoms with van der Waals surface area (Å²) in [5.74, 6) is 0.730. The molecule has 3 nitrogen and oxygen atoms in total. The molecule has 0 unspecified atom stereocenters. The molecule has 0 saturated heterocycles. The summed E-state index contributed by atoms with van der Waals surface area (Å²) in [5.41, 5.74) is 3.00. The molecule has 142 valence electrons. The Morgan fingerprint density at radius 1 is 1.04 bits per heavy atom. The van der Waals surface area contributed by atoms with Gasteiger partial charge in [-0.15, -0.1) is 0 Å². The van der Waals surface area contributed by atoms with Gasteiger partial charge in [-0.1, -0.05) is 42.5 Å². The second kappa shape index (κ2) is 8.37. The fourth-order valence-electron chi connectivity index (χ4n) is 4.53. The zero-order chi connectivity index (χ0) is 18.5. The van der Waals surface area contributed by atoms with Crippen LogP contribution in [0.25, 0.3) is 5.57 Å². The molecular formula is C24H30N2O. The number of hydrogen-bond acceptors (Lipinski definition) is 3. The van der Waals surface area contributed by atoms with Crippen LogP contribution in [0.1, 0.15) is 49.8 Å². The van der Waals surface area contributed by atoms with Crippen LogP contribution in [-0.4, -0.2) is 34.6 Å². The summed E-state index contributed by atoms with van der Waals surface area (Å²) in [6.45, 7) is 3.39. The lowest BCUT2D eigenvalue weighted by atomic mass is 9.76. The highest BCUT2D eigenvalue weighted by atomic mass is 16.3. The maximum absolute atomic E-state index is 10.9. The van der Waals surface area contributed by atoms with Crippen LogP contribution in [0, 0.1) is 5.92 Å². The Morgan fingerprint density at radius 2 is 1.81 bits per heavy atom. The van der Waals surface area contributed by atoms with Crippen LogP contribution in [0.3, 0.4) is 0 Å². The zero-order valence-electron chi connectivity index (χ0n) is 16.1. The van der Waals surface area contributed by atoms with E-state index in [0.29, 0.717) is 0 Å². The topological polar surface area (TPSA) is 36.4 Å². The minimum Gasteiger partial charge on any atom is -0.384 e. The molecule has 0 atom stereocenters. The molecular weight excluding hydrogens is 332 g/mol. The van der Waals surface area contributed by atoms with E-state index < -0.39 is 5.60 Å². The molecule has 1 aliphatic carbocycles. The lowest BCUT2D eigenvalue weighted by Gasteiger charge is -2.36. The predicted octanol–water partition coefficient (Wildman–Crippen LogP) is 4.64. The number of nitrogens with zero attached hydrogens (tertiary/aromatic N) is 2. The normalized spacial score (nSPS) is 26.6. The van der Waals surface area contributed by atoms with E-state index in [0.717, 1.165) is 56.8 Å². The fourth-order valence-corrected chi connectivity index (χ4v) is 4.53. The van der Waals surface area contributed by atoms with Gasteiger partial charge in [-0.25, -0.2) is 0 Å². The monoisotopic (exact) mass is 362 g/mol. The maximum atomic E-state index is 10.9. The molecule has 2 aromatic rings. The van der Waals surface area contributed by atoms with E-state index in [4.69, 9.17) is 0 Å². The first-order valence-electron chi connectivity index (χ1n) is 10.3. The summed E-state index contributed by atoms with van der Waals surface area (Å²) >= 11 is 0. The number of pyridine rings is 1. The van der Waals surface area contributed by atoms with Gasteiger partial charge in [0.05, 0.1) is 5.69 Å². The minimum atomic E-state index is -0.712. The SMILES string of the molecule is O[C@]1(c2ccccn2)CC[C@@H](CCN2CC=C(c3ccccc3)CC2)CC1. The third kappa shape index (κ3) is 4.48. The smallest absolute Gasteiger partial charge is 0.106 e. The average molecular weight is 363 g/mol. The minimum absolute atomic E-state index is 0.712. The lowest BCUT2D eigenvalue weighted by molar-refractivity contribution is -0.0197. The van der Waals surface area contributed by atoms with Gasteiger partial charge in [0.1, 0.15) is 5.60 Å². The molecule has 27 heavy (non-hydrogen) atoms. The molecule has 0 bridgehead atoms. The molecule has 2 aliphatic rings. The quantitative estimate of drug-likeness (QED) is 0.842. The van der Waals surface area contributed by atoms with Gasteiger partial charge in [0.2, 0.25) is 0 Å². The predicted molar refractivity (Wildman–Crippen MR) is 110 cm³/mol. The number of aromatic nitrogens is 1. The van der Waals surface area contributed by atoms with E-state index in [2.05, 4.69) is 46.3 Å². The lowest BCUT2D eigenvalue weighted by Crippen LogP contribution is -2.34. The zero-order valence-corrected chi connectivity index (χ0v) is 16.1. The second-order valence-electron chi connectivity index (χ2n) is 8.12. The largest absolute Gasteiger partial charge is 0.384 e. The van der Waals surface area contributed by atoms with Crippen LogP contribution < -0.4 is 0 Å². The van der Waals surface area contributed by atoms with Gasteiger partial charge in [-0.05, 0) is 74.3 Å². The van der Waals surface area contributed by atoms with E-state index in [1.54, 1.807) is 6.20 Å². The van der Waals surface area contributed by atoms with Gasteiger partial charge in [0, 0.05) is 19.3 Å². The van der Waals surface area contributed by atoms with Crippen molar-refractivity contribution in [2.75, 3.05) is 19.6 Å². The molecule has 1 saturated carbocycles. The molecule has 1 aromatic heterocycles. The van der Waals surface area contributed by atoms with Gasteiger partial charge in [0.15, 0.2) is 0 Å². The van der Waals surface area contributed by atoms with Crippen LogP contribution in [0.2, 0.25) is 0 Å². The van der Waals surface area contributed by atoms with Crippen LogP contribution in [0.15, 0.2) is 60.8 Å². The van der Waals surface area contributed by atoms with Crippen LogP contribution >= 0.6 is 0 Å². The van der Waals surface area contributed by atoms with Gasteiger partial charge in [0.25, 0.3) is 0 Å². The van der Waals surface area contributed by atoms with Crippen LogP contribution in [-0.2, 0) is 5.60 Å². The van der Waals surface area contributed by atoms with Crippen molar-refractivity contribution < 1.29 is 5.11 Å². The van der Waals surface area contributed by atoms with Crippen molar-refractivity contribution in [3.63, 3.8) is 0 Å². The van der Waals surface area contributed by atoms with Crippen molar-refractivity contribution in [1.29, 1.82) is 0 Å². The Morgan fingerprint density at radius 3 is 2.48 bits per heavy atom. The van der Waals surface area contributed by atoms with Gasteiger partial charge >= 0.3 is 0 Å². The first-order valence-corrected chi connectivity index (χ1v) is 10.3. The standard InChI is InChI=1S/C24H30N2O/c27-24(23-8-4-5-16-25-23)14-9-20(10-15-24)11-17-26-18-12-22(13-19-26)21-6-2-1-3-7-21/h1-8,12,16,20,27H,9-11,13-15,17-19H2/t20-,24-. The van der Waals surface area contributed by atoms with Crippen molar-refractivity contribution in [1.82, 2.24) is 9.88 Å². The Kier molecular flexibility index (Phi) is 5.70. The molecule has 0 spiro atoms. The number of aliphatic hydroxyl groups is 1. The highest BCUT2D eigenvalue weighted by Gasteiger charge is 2.35. The summed E-state index contributed by atoms with van der Waals surface area (Å²) in [5, 5.41) is 10.9. The second-order valence-corrected chi connectivity index (χ2v) is 8.12. The fraction of sp³-hybridized carbons (Fsp3) is 0.458. The summed E-state index contributed by atoms with van der Waals surface area (Å²) < 4.78 is 0. The van der Waals surface area contributed by atoms with Gasteiger partial charge in [-0.2, -0.15) is 0 Å². The first kappa shape index (κ1) is 18.4.